The van der Waals surface area contributed by atoms with E-state index in [9.17, 15) is 9.36 Å². The fourth-order valence-corrected chi connectivity index (χ4v) is 2.81. The standard InChI is InChI=1S/C16H35N2O5P/c1-15(2)16(19)21-13-14-24(20,22-11-9-17(3,4)5)23-12-10-18(6,7)8/h1,9-14H2,2-8H3/q+2. The lowest BCUT2D eigenvalue weighted by molar-refractivity contribution is -0.870. The molecule has 0 aromatic carbocycles. The van der Waals surface area contributed by atoms with Gasteiger partial charge in [0.25, 0.3) is 0 Å². The molecule has 0 unspecified atom stereocenters. The third-order valence-corrected chi connectivity index (χ3v) is 4.93. The molecule has 7 nitrogen and oxygen atoms in total. The Balaban J connectivity index is 4.59. The average molecular weight is 366 g/mol. The number of carbonyl (C=O) groups is 1. The van der Waals surface area contributed by atoms with E-state index in [-0.39, 0.29) is 12.8 Å². The molecule has 0 heterocycles. The summed E-state index contributed by atoms with van der Waals surface area (Å²) in [6, 6.07) is 0. The molecule has 0 spiro atoms. The van der Waals surface area contributed by atoms with Crippen molar-refractivity contribution in [2.75, 3.05) is 81.4 Å². The largest absolute Gasteiger partial charge is 0.462 e. The quantitative estimate of drug-likeness (QED) is 0.228. The fraction of sp³-hybridized carbons (Fsp3) is 0.812. The van der Waals surface area contributed by atoms with Crippen molar-refractivity contribution in [2.24, 2.45) is 0 Å². The first-order chi connectivity index (χ1) is 10.7. The monoisotopic (exact) mass is 366 g/mol. The zero-order valence-corrected chi connectivity index (χ0v) is 17.2. The third kappa shape index (κ3) is 12.7. The minimum absolute atomic E-state index is 0.0161. The topological polar surface area (TPSA) is 61.8 Å². The van der Waals surface area contributed by atoms with Gasteiger partial charge >= 0.3 is 13.6 Å². The van der Waals surface area contributed by atoms with Crippen LogP contribution in [-0.4, -0.2) is 96.3 Å². The number of hydrogen-bond donors (Lipinski definition) is 0. The van der Waals surface area contributed by atoms with Gasteiger partial charge in [0.15, 0.2) is 0 Å². The van der Waals surface area contributed by atoms with Crippen LogP contribution in [0.15, 0.2) is 12.2 Å². The molecular weight excluding hydrogens is 331 g/mol. The van der Waals surface area contributed by atoms with Crippen LogP contribution in [0.25, 0.3) is 0 Å². The Kier molecular flexibility index (Phi) is 9.39. The number of carbonyl (C=O) groups excluding carboxylic acids is 1. The molecule has 142 valence electrons. The van der Waals surface area contributed by atoms with Crippen LogP contribution in [0.4, 0.5) is 0 Å². The van der Waals surface area contributed by atoms with Crippen molar-refractivity contribution in [2.45, 2.75) is 6.92 Å². The highest BCUT2D eigenvalue weighted by Gasteiger charge is 2.27. The molecule has 0 aliphatic carbocycles. The number of likely N-dealkylation sites (N-methyl/N-ethyl adjacent to an activating group) is 2. The van der Waals surface area contributed by atoms with E-state index < -0.39 is 13.6 Å². The van der Waals surface area contributed by atoms with E-state index in [0.29, 0.717) is 40.8 Å². The summed E-state index contributed by atoms with van der Waals surface area (Å²) in [7, 11) is 8.87. The molecule has 0 amide bonds. The molecule has 0 fully saturated rings. The van der Waals surface area contributed by atoms with Crippen LogP contribution >= 0.6 is 7.60 Å². The highest BCUT2D eigenvalue weighted by molar-refractivity contribution is 7.53. The Bertz CT molecular complexity index is 442. The number of rotatable bonds is 12. The molecular formula is C16H35N2O5P+2. The number of quaternary nitrogens is 2. The molecule has 0 N–H and O–H groups in total. The molecule has 0 aliphatic rings. The van der Waals surface area contributed by atoms with Gasteiger partial charge in [-0.25, -0.2) is 4.79 Å². The lowest BCUT2D eigenvalue weighted by atomic mass is 10.4. The van der Waals surface area contributed by atoms with Crippen molar-refractivity contribution in [3.63, 3.8) is 0 Å². The number of hydrogen-bond acceptors (Lipinski definition) is 5. The Hall–Kier alpha value is -0.720. The summed E-state index contributed by atoms with van der Waals surface area (Å²) in [4.78, 5) is 11.4. The van der Waals surface area contributed by atoms with Gasteiger partial charge in [0.05, 0.1) is 48.4 Å². The zero-order chi connectivity index (χ0) is 19.0. The summed E-state index contributed by atoms with van der Waals surface area (Å²) in [6.45, 7) is 7.11. The predicted molar refractivity (Wildman–Crippen MR) is 95.9 cm³/mol. The van der Waals surface area contributed by atoms with Crippen molar-refractivity contribution in [3.05, 3.63) is 12.2 Å². The summed E-state index contributed by atoms with van der Waals surface area (Å²) < 4.78 is 30.4. The zero-order valence-electron chi connectivity index (χ0n) is 16.3. The van der Waals surface area contributed by atoms with Crippen LogP contribution in [0.3, 0.4) is 0 Å². The molecule has 0 aliphatic heterocycles. The second kappa shape index (κ2) is 9.68. The Labute approximate surface area is 146 Å². The lowest BCUT2D eigenvalue weighted by Gasteiger charge is -2.27. The molecule has 0 rings (SSSR count). The van der Waals surface area contributed by atoms with E-state index in [1.54, 1.807) is 6.92 Å². The van der Waals surface area contributed by atoms with Gasteiger partial charge in [-0.2, -0.15) is 0 Å². The Morgan fingerprint density at radius 2 is 1.33 bits per heavy atom. The highest BCUT2D eigenvalue weighted by Crippen LogP contribution is 2.47. The highest BCUT2D eigenvalue weighted by atomic mass is 31.2. The Morgan fingerprint density at radius 3 is 1.67 bits per heavy atom. The van der Waals surface area contributed by atoms with Crippen LogP contribution in [-0.2, 0) is 23.1 Å². The van der Waals surface area contributed by atoms with E-state index in [1.165, 1.54) is 0 Å². The van der Waals surface area contributed by atoms with Gasteiger partial charge in [-0.15, -0.1) is 0 Å². The number of esters is 1. The second-order valence-corrected chi connectivity index (χ2v) is 10.1. The van der Waals surface area contributed by atoms with Gasteiger partial charge in [0, 0.05) is 5.57 Å². The van der Waals surface area contributed by atoms with Crippen molar-refractivity contribution in [3.8, 4) is 0 Å². The van der Waals surface area contributed by atoms with Crippen molar-refractivity contribution in [1.82, 2.24) is 0 Å². The molecule has 8 heteroatoms. The molecule has 0 aromatic heterocycles. The van der Waals surface area contributed by atoms with Crippen LogP contribution in [0.5, 0.6) is 0 Å². The second-order valence-electron chi connectivity index (χ2n) is 7.95. The summed E-state index contributed by atoms with van der Waals surface area (Å²) in [6.07, 6.45) is 0.0420. The predicted octanol–water partition coefficient (Wildman–Crippen LogP) is 1.74. The van der Waals surface area contributed by atoms with Gasteiger partial charge in [-0.1, -0.05) is 6.58 Å². The molecule has 24 heavy (non-hydrogen) atoms. The molecule has 0 bridgehead atoms. The molecule has 0 saturated heterocycles. The SMILES string of the molecule is C=C(C)C(=O)OCCP(=O)(OCC[N+](C)(C)C)OCC[N+](C)(C)C. The van der Waals surface area contributed by atoms with Crippen LogP contribution < -0.4 is 0 Å². The maximum Gasteiger partial charge on any atom is 0.334 e. The van der Waals surface area contributed by atoms with E-state index in [0.717, 1.165) is 0 Å². The van der Waals surface area contributed by atoms with Gasteiger partial charge in [-0.05, 0) is 6.92 Å². The van der Waals surface area contributed by atoms with E-state index >= 15 is 0 Å². The van der Waals surface area contributed by atoms with Crippen molar-refractivity contribution >= 4 is 13.6 Å². The molecule has 0 aromatic rings. The molecule has 0 atom stereocenters. The first kappa shape index (κ1) is 23.3. The van der Waals surface area contributed by atoms with Gasteiger partial charge in [-0.3, -0.25) is 4.57 Å². The van der Waals surface area contributed by atoms with Gasteiger partial charge < -0.3 is 22.8 Å². The van der Waals surface area contributed by atoms with Crippen molar-refractivity contribution in [1.29, 1.82) is 0 Å². The van der Waals surface area contributed by atoms with Gasteiger partial charge in [0.1, 0.15) is 32.9 Å². The van der Waals surface area contributed by atoms with E-state index in [2.05, 4.69) is 6.58 Å². The maximum absolute atomic E-state index is 12.9. The van der Waals surface area contributed by atoms with Crippen LogP contribution in [0.1, 0.15) is 6.92 Å². The summed E-state index contributed by atoms with van der Waals surface area (Å²) in [5.74, 6) is -0.501. The first-order valence-electron chi connectivity index (χ1n) is 8.06. The minimum Gasteiger partial charge on any atom is -0.462 e. The summed E-state index contributed by atoms with van der Waals surface area (Å²) in [5, 5.41) is 0. The smallest absolute Gasteiger partial charge is 0.334 e. The summed E-state index contributed by atoms with van der Waals surface area (Å²) in [5.41, 5.74) is 0.307. The molecule has 0 radical (unpaired) electrons. The molecule has 0 saturated carbocycles. The average Bonchev–Trinajstić information content (AvgIpc) is 2.35. The van der Waals surface area contributed by atoms with Gasteiger partial charge in [0.2, 0.25) is 0 Å². The number of nitrogens with zero attached hydrogens (tertiary/aromatic N) is 2. The number of ether oxygens (including phenoxy) is 1. The van der Waals surface area contributed by atoms with Crippen LogP contribution in [0.2, 0.25) is 0 Å². The van der Waals surface area contributed by atoms with Crippen LogP contribution in [0, 0.1) is 0 Å². The third-order valence-electron chi connectivity index (χ3n) is 3.05. The van der Waals surface area contributed by atoms with E-state index in [4.69, 9.17) is 13.8 Å². The maximum atomic E-state index is 12.9. The lowest BCUT2D eigenvalue weighted by Crippen LogP contribution is -2.38. The minimum atomic E-state index is -3.30. The normalized spacial score (nSPS) is 13.0. The summed E-state index contributed by atoms with van der Waals surface area (Å²) >= 11 is 0. The first-order valence-corrected chi connectivity index (χ1v) is 9.79. The Morgan fingerprint density at radius 1 is 0.917 bits per heavy atom. The fourth-order valence-electron chi connectivity index (χ4n) is 1.45. The van der Waals surface area contributed by atoms with E-state index in [1.807, 2.05) is 42.3 Å². The van der Waals surface area contributed by atoms with Crippen molar-refractivity contribution < 1.29 is 32.1 Å².